The summed E-state index contributed by atoms with van der Waals surface area (Å²) in [7, 11) is 1.57. The molecule has 0 bridgehead atoms. The maximum Gasteiger partial charge on any atom is 0.254 e. The Labute approximate surface area is 113 Å². The summed E-state index contributed by atoms with van der Waals surface area (Å²) >= 11 is 0. The van der Waals surface area contributed by atoms with E-state index in [1.54, 1.807) is 31.1 Å². The van der Waals surface area contributed by atoms with Gasteiger partial charge in [0.05, 0.1) is 19.1 Å². The number of hydrogen-bond donors (Lipinski definition) is 1. The van der Waals surface area contributed by atoms with Gasteiger partial charge >= 0.3 is 0 Å². The fourth-order valence-corrected chi connectivity index (χ4v) is 1.76. The van der Waals surface area contributed by atoms with Crippen LogP contribution in [-0.2, 0) is 4.74 Å². The van der Waals surface area contributed by atoms with Crippen LogP contribution >= 0.6 is 0 Å². The third-order valence-electron chi connectivity index (χ3n) is 2.79. The van der Waals surface area contributed by atoms with Crippen LogP contribution in [0.4, 0.5) is 0 Å². The highest BCUT2D eigenvalue weighted by Crippen LogP contribution is 2.17. The zero-order chi connectivity index (χ0) is 14.3. The molecule has 1 aromatic rings. The zero-order valence-corrected chi connectivity index (χ0v) is 11.2. The van der Waals surface area contributed by atoms with Gasteiger partial charge in [-0.2, -0.15) is 5.26 Å². The number of phenolic OH excluding ortho intramolecular Hbond substituents is 1. The highest BCUT2D eigenvalue weighted by atomic mass is 16.5. The molecule has 0 spiro atoms. The van der Waals surface area contributed by atoms with Crippen molar-refractivity contribution in [2.45, 2.75) is 13.3 Å². The van der Waals surface area contributed by atoms with Gasteiger partial charge in [-0.15, -0.1) is 0 Å². The van der Waals surface area contributed by atoms with E-state index in [4.69, 9.17) is 10.00 Å². The number of hydrogen-bond acceptors (Lipinski definition) is 4. The van der Waals surface area contributed by atoms with Gasteiger partial charge < -0.3 is 14.7 Å². The summed E-state index contributed by atoms with van der Waals surface area (Å²) in [6, 6.07) is 6.66. The maximum absolute atomic E-state index is 12.4. The minimum Gasteiger partial charge on any atom is -0.508 e. The molecule has 0 fully saturated rings. The van der Waals surface area contributed by atoms with E-state index >= 15 is 0 Å². The van der Waals surface area contributed by atoms with Gasteiger partial charge in [0.25, 0.3) is 5.91 Å². The molecule has 0 aliphatic heterocycles. The SMILES string of the molecule is COCCN(CCC#N)C(=O)c1ccc(O)cc1C. The molecule has 102 valence electrons. The van der Waals surface area contributed by atoms with E-state index in [2.05, 4.69) is 0 Å². The van der Waals surface area contributed by atoms with Crippen molar-refractivity contribution >= 4 is 5.91 Å². The number of rotatable bonds is 6. The fourth-order valence-electron chi connectivity index (χ4n) is 1.76. The summed E-state index contributed by atoms with van der Waals surface area (Å²) in [5, 5.41) is 18.0. The minimum absolute atomic E-state index is 0.134. The molecule has 1 rings (SSSR count). The van der Waals surface area contributed by atoms with Gasteiger partial charge in [-0.1, -0.05) is 0 Å². The summed E-state index contributed by atoms with van der Waals surface area (Å²) in [6.07, 6.45) is 0.284. The van der Waals surface area contributed by atoms with Crippen LogP contribution < -0.4 is 0 Å². The molecule has 1 amide bonds. The second-order valence-electron chi connectivity index (χ2n) is 4.19. The average molecular weight is 262 g/mol. The molecule has 1 N–H and O–H groups in total. The first-order valence-electron chi connectivity index (χ1n) is 6.05. The standard InChI is InChI=1S/C14H18N2O3/c1-11-10-12(17)4-5-13(11)14(18)16(7-3-6-15)8-9-19-2/h4-5,10,17H,3,7-9H2,1-2H3. The molecule has 0 aromatic heterocycles. The third-order valence-corrected chi connectivity index (χ3v) is 2.79. The molecular weight excluding hydrogens is 244 g/mol. The van der Waals surface area contributed by atoms with Crippen LogP contribution in [-0.4, -0.2) is 42.7 Å². The lowest BCUT2D eigenvalue weighted by Crippen LogP contribution is -2.35. The number of methoxy groups -OCH3 is 1. The van der Waals surface area contributed by atoms with Crippen molar-refractivity contribution in [2.75, 3.05) is 26.8 Å². The molecule has 0 saturated carbocycles. The number of aryl methyl sites for hydroxylation is 1. The lowest BCUT2D eigenvalue weighted by molar-refractivity contribution is 0.0699. The zero-order valence-electron chi connectivity index (χ0n) is 11.2. The normalized spacial score (nSPS) is 9.95. The Balaban J connectivity index is 2.88. The van der Waals surface area contributed by atoms with Crippen LogP contribution in [0.1, 0.15) is 22.3 Å². The number of phenols is 1. The largest absolute Gasteiger partial charge is 0.508 e. The number of aromatic hydroxyl groups is 1. The predicted molar refractivity (Wildman–Crippen MR) is 70.9 cm³/mol. The summed E-state index contributed by atoms with van der Waals surface area (Å²) in [6.45, 7) is 3.01. The molecule has 0 aliphatic carbocycles. The highest BCUT2D eigenvalue weighted by Gasteiger charge is 2.17. The van der Waals surface area contributed by atoms with Gasteiger partial charge in [0.1, 0.15) is 5.75 Å². The topological polar surface area (TPSA) is 73.6 Å². The van der Waals surface area contributed by atoms with Crippen molar-refractivity contribution in [3.05, 3.63) is 29.3 Å². The van der Waals surface area contributed by atoms with Crippen LogP contribution in [0.25, 0.3) is 0 Å². The highest BCUT2D eigenvalue weighted by molar-refractivity contribution is 5.95. The first-order valence-corrected chi connectivity index (χ1v) is 6.05. The second-order valence-corrected chi connectivity index (χ2v) is 4.19. The summed E-state index contributed by atoms with van der Waals surface area (Å²) in [4.78, 5) is 14.0. The monoisotopic (exact) mass is 262 g/mol. The maximum atomic E-state index is 12.4. The van der Waals surface area contributed by atoms with Crippen LogP contribution in [0.2, 0.25) is 0 Å². The van der Waals surface area contributed by atoms with Gasteiger partial charge in [0.15, 0.2) is 0 Å². The smallest absolute Gasteiger partial charge is 0.254 e. The predicted octanol–water partition coefficient (Wildman–Crippen LogP) is 1.70. The van der Waals surface area contributed by atoms with Crippen molar-refractivity contribution in [1.29, 1.82) is 5.26 Å². The van der Waals surface area contributed by atoms with E-state index < -0.39 is 0 Å². The molecule has 5 heteroatoms. The van der Waals surface area contributed by atoms with Crippen molar-refractivity contribution < 1.29 is 14.6 Å². The fraction of sp³-hybridized carbons (Fsp3) is 0.429. The van der Waals surface area contributed by atoms with Gasteiger partial charge in [0, 0.05) is 25.8 Å². The van der Waals surface area contributed by atoms with Gasteiger partial charge in [-0.3, -0.25) is 4.79 Å². The molecule has 1 aromatic carbocycles. The molecule has 0 radical (unpaired) electrons. The first kappa shape index (κ1) is 15.0. The third kappa shape index (κ3) is 4.27. The lowest BCUT2D eigenvalue weighted by atomic mass is 10.1. The number of carbonyl (C=O) groups is 1. The van der Waals surface area contributed by atoms with Crippen LogP contribution in [0.15, 0.2) is 18.2 Å². The number of benzene rings is 1. The van der Waals surface area contributed by atoms with Crippen LogP contribution in [0.5, 0.6) is 5.75 Å². The number of nitriles is 1. The number of amides is 1. The Morgan fingerprint density at radius 3 is 2.79 bits per heavy atom. The van der Waals surface area contributed by atoms with Crippen LogP contribution in [0, 0.1) is 18.3 Å². The Hall–Kier alpha value is -2.06. The summed E-state index contributed by atoms with van der Waals surface area (Å²) in [5.74, 6) is -0.0145. The Kier molecular flexibility index (Phi) is 5.83. The summed E-state index contributed by atoms with van der Waals surface area (Å²) < 4.78 is 4.97. The molecule has 0 atom stereocenters. The lowest BCUT2D eigenvalue weighted by Gasteiger charge is -2.22. The average Bonchev–Trinajstić information content (AvgIpc) is 2.38. The van der Waals surface area contributed by atoms with Crippen molar-refractivity contribution in [1.82, 2.24) is 4.90 Å². The Bertz CT molecular complexity index is 480. The molecule has 5 nitrogen and oxygen atoms in total. The van der Waals surface area contributed by atoms with Gasteiger partial charge in [0.2, 0.25) is 0 Å². The minimum atomic E-state index is -0.148. The van der Waals surface area contributed by atoms with E-state index in [0.717, 1.165) is 0 Å². The van der Waals surface area contributed by atoms with E-state index in [9.17, 15) is 9.90 Å². The quantitative estimate of drug-likeness (QED) is 0.846. The van der Waals surface area contributed by atoms with Crippen molar-refractivity contribution in [3.63, 3.8) is 0 Å². The number of ether oxygens (including phenoxy) is 1. The Morgan fingerprint density at radius 2 is 2.21 bits per heavy atom. The summed E-state index contributed by atoms with van der Waals surface area (Å²) in [5.41, 5.74) is 1.25. The van der Waals surface area contributed by atoms with Gasteiger partial charge in [-0.05, 0) is 30.7 Å². The molecule has 0 unspecified atom stereocenters. The van der Waals surface area contributed by atoms with Gasteiger partial charge in [-0.25, -0.2) is 0 Å². The first-order chi connectivity index (χ1) is 9.10. The van der Waals surface area contributed by atoms with E-state index in [-0.39, 0.29) is 18.1 Å². The number of carbonyl (C=O) groups excluding carboxylic acids is 1. The van der Waals surface area contributed by atoms with Crippen LogP contribution in [0.3, 0.4) is 0 Å². The number of nitrogens with zero attached hydrogens (tertiary/aromatic N) is 2. The van der Waals surface area contributed by atoms with Crippen molar-refractivity contribution in [2.24, 2.45) is 0 Å². The Morgan fingerprint density at radius 1 is 1.47 bits per heavy atom. The molecular formula is C14H18N2O3. The molecule has 0 heterocycles. The molecule has 19 heavy (non-hydrogen) atoms. The molecule has 0 saturated heterocycles. The second kappa shape index (κ2) is 7.39. The molecule has 0 aliphatic rings. The van der Waals surface area contributed by atoms with E-state index in [0.29, 0.717) is 30.8 Å². The van der Waals surface area contributed by atoms with E-state index in [1.165, 1.54) is 6.07 Å². The van der Waals surface area contributed by atoms with E-state index in [1.807, 2.05) is 6.07 Å². The van der Waals surface area contributed by atoms with Crippen molar-refractivity contribution in [3.8, 4) is 11.8 Å².